The van der Waals surface area contributed by atoms with E-state index in [2.05, 4.69) is 12.2 Å². The van der Waals surface area contributed by atoms with E-state index in [0.717, 1.165) is 25.2 Å². The lowest BCUT2D eigenvalue weighted by atomic mass is 10.0. The van der Waals surface area contributed by atoms with Crippen LogP contribution in [0, 0.1) is 5.92 Å². The van der Waals surface area contributed by atoms with Crippen LogP contribution in [0.3, 0.4) is 0 Å². The van der Waals surface area contributed by atoms with Crippen LogP contribution in [0.1, 0.15) is 25.5 Å². The Morgan fingerprint density at radius 1 is 1.59 bits per heavy atom. The van der Waals surface area contributed by atoms with Crippen LogP contribution in [-0.2, 0) is 13.6 Å². The molecule has 94 valence electrons. The molecule has 1 fully saturated rings. The van der Waals surface area contributed by atoms with E-state index in [1.165, 1.54) is 6.42 Å². The molecule has 0 aliphatic carbocycles. The van der Waals surface area contributed by atoms with Gasteiger partial charge in [0.25, 0.3) is 0 Å². The maximum absolute atomic E-state index is 12.0. The van der Waals surface area contributed by atoms with Crippen molar-refractivity contribution in [1.82, 2.24) is 14.8 Å². The van der Waals surface area contributed by atoms with Crippen LogP contribution < -0.4 is 5.32 Å². The zero-order valence-corrected chi connectivity index (χ0v) is 10.6. The molecule has 0 spiro atoms. The van der Waals surface area contributed by atoms with Crippen LogP contribution in [-0.4, -0.2) is 28.6 Å². The molecule has 17 heavy (non-hydrogen) atoms. The summed E-state index contributed by atoms with van der Waals surface area (Å²) in [5.41, 5.74) is 1.13. The number of hydrogen-bond acceptors (Lipinski definition) is 1. The predicted octanol–water partition coefficient (Wildman–Crippen LogP) is 1.97. The first kappa shape index (κ1) is 12.0. The van der Waals surface area contributed by atoms with E-state index in [9.17, 15) is 4.79 Å². The summed E-state index contributed by atoms with van der Waals surface area (Å²) in [7, 11) is 1.99. The van der Waals surface area contributed by atoms with Crippen molar-refractivity contribution in [2.45, 2.75) is 26.3 Å². The van der Waals surface area contributed by atoms with Gasteiger partial charge in [0.2, 0.25) is 0 Å². The van der Waals surface area contributed by atoms with Gasteiger partial charge < -0.3 is 14.8 Å². The summed E-state index contributed by atoms with van der Waals surface area (Å²) in [6, 6.07) is 4.08. The molecule has 2 amide bonds. The summed E-state index contributed by atoms with van der Waals surface area (Å²) in [4.78, 5) is 13.9. The van der Waals surface area contributed by atoms with Crippen LogP contribution in [0.4, 0.5) is 4.79 Å². The molecule has 0 saturated carbocycles. The number of carbonyl (C=O) groups excluding carboxylic acids is 1. The number of carbonyl (C=O) groups is 1. The predicted molar refractivity (Wildman–Crippen MR) is 67.6 cm³/mol. The Hall–Kier alpha value is -1.45. The van der Waals surface area contributed by atoms with E-state index in [1.54, 1.807) is 0 Å². The molecule has 1 atom stereocenters. The second kappa shape index (κ2) is 5.25. The second-order valence-electron chi connectivity index (χ2n) is 4.96. The van der Waals surface area contributed by atoms with Crippen molar-refractivity contribution in [3.05, 3.63) is 24.0 Å². The summed E-state index contributed by atoms with van der Waals surface area (Å²) >= 11 is 0. The highest BCUT2D eigenvalue weighted by Gasteiger charge is 2.20. The maximum Gasteiger partial charge on any atom is 0.317 e. The van der Waals surface area contributed by atoms with Gasteiger partial charge in [-0.2, -0.15) is 0 Å². The van der Waals surface area contributed by atoms with E-state index in [0.29, 0.717) is 12.5 Å². The van der Waals surface area contributed by atoms with Crippen molar-refractivity contribution >= 4 is 6.03 Å². The van der Waals surface area contributed by atoms with E-state index < -0.39 is 0 Å². The maximum atomic E-state index is 12.0. The van der Waals surface area contributed by atoms with Gasteiger partial charge in [-0.15, -0.1) is 0 Å². The van der Waals surface area contributed by atoms with Crippen molar-refractivity contribution in [3.8, 4) is 0 Å². The minimum atomic E-state index is 0.0674. The van der Waals surface area contributed by atoms with Gasteiger partial charge in [-0.3, -0.25) is 0 Å². The van der Waals surface area contributed by atoms with Gasteiger partial charge in [-0.1, -0.05) is 6.92 Å². The quantitative estimate of drug-likeness (QED) is 0.836. The number of nitrogens with one attached hydrogen (secondary N) is 1. The number of nitrogens with zero attached hydrogens (tertiary/aromatic N) is 2. The van der Waals surface area contributed by atoms with E-state index >= 15 is 0 Å². The normalized spacial score (nSPS) is 20.4. The topological polar surface area (TPSA) is 37.3 Å². The average molecular weight is 235 g/mol. The number of aromatic nitrogens is 1. The molecular formula is C13H21N3O. The van der Waals surface area contributed by atoms with Gasteiger partial charge in [0.15, 0.2) is 0 Å². The van der Waals surface area contributed by atoms with Crippen LogP contribution >= 0.6 is 0 Å². The molecule has 1 unspecified atom stereocenters. The van der Waals surface area contributed by atoms with Crippen LogP contribution in [0.5, 0.6) is 0 Å². The molecule has 0 radical (unpaired) electrons. The van der Waals surface area contributed by atoms with Gasteiger partial charge in [0.1, 0.15) is 0 Å². The van der Waals surface area contributed by atoms with E-state index in [-0.39, 0.29) is 6.03 Å². The lowest BCUT2D eigenvalue weighted by Crippen LogP contribution is -2.44. The van der Waals surface area contributed by atoms with Crippen LogP contribution in [0.25, 0.3) is 0 Å². The zero-order valence-electron chi connectivity index (χ0n) is 10.6. The monoisotopic (exact) mass is 235 g/mol. The Balaban J connectivity index is 1.83. The summed E-state index contributed by atoms with van der Waals surface area (Å²) in [5, 5.41) is 2.98. The second-order valence-corrected chi connectivity index (χ2v) is 4.96. The fraction of sp³-hybridized carbons (Fsp3) is 0.615. The van der Waals surface area contributed by atoms with E-state index in [1.807, 2.05) is 34.8 Å². The Bertz CT molecular complexity index is 386. The van der Waals surface area contributed by atoms with Gasteiger partial charge in [-0.05, 0) is 30.9 Å². The summed E-state index contributed by atoms with van der Waals surface area (Å²) in [6.45, 7) is 4.59. The first-order valence-corrected chi connectivity index (χ1v) is 6.30. The summed E-state index contributed by atoms with van der Waals surface area (Å²) in [6.07, 6.45) is 4.35. The molecule has 4 nitrogen and oxygen atoms in total. The molecule has 1 saturated heterocycles. The molecule has 1 aromatic heterocycles. The highest BCUT2D eigenvalue weighted by molar-refractivity contribution is 5.74. The first-order valence-electron chi connectivity index (χ1n) is 6.30. The molecule has 0 bridgehead atoms. The molecule has 1 aliphatic rings. The molecule has 4 heteroatoms. The average Bonchev–Trinajstić information content (AvgIpc) is 2.72. The van der Waals surface area contributed by atoms with Crippen LogP contribution in [0.2, 0.25) is 0 Å². The molecule has 1 N–H and O–H groups in total. The highest BCUT2D eigenvalue weighted by atomic mass is 16.2. The van der Waals surface area contributed by atoms with E-state index in [4.69, 9.17) is 0 Å². The zero-order chi connectivity index (χ0) is 12.3. The van der Waals surface area contributed by atoms with Gasteiger partial charge in [-0.25, -0.2) is 4.79 Å². The minimum Gasteiger partial charge on any atom is -0.353 e. The van der Waals surface area contributed by atoms with Gasteiger partial charge in [0.05, 0.1) is 6.54 Å². The third-order valence-corrected chi connectivity index (χ3v) is 3.42. The first-order chi connectivity index (χ1) is 8.16. The molecule has 2 heterocycles. The van der Waals surface area contributed by atoms with Crippen molar-refractivity contribution < 1.29 is 4.79 Å². The number of aryl methyl sites for hydroxylation is 1. The van der Waals surface area contributed by atoms with Gasteiger partial charge in [0, 0.05) is 32.0 Å². The number of likely N-dealkylation sites (tertiary alicyclic amines) is 1. The van der Waals surface area contributed by atoms with Crippen molar-refractivity contribution in [1.29, 1.82) is 0 Å². The Morgan fingerprint density at radius 3 is 3.06 bits per heavy atom. The van der Waals surface area contributed by atoms with Crippen molar-refractivity contribution in [2.24, 2.45) is 13.0 Å². The van der Waals surface area contributed by atoms with Crippen molar-refractivity contribution in [3.63, 3.8) is 0 Å². The smallest absolute Gasteiger partial charge is 0.317 e. The molecule has 1 aliphatic heterocycles. The molecular weight excluding hydrogens is 214 g/mol. The lowest BCUT2D eigenvalue weighted by Gasteiger charge is -2.30. The Labute approximate surface area is 103 Å². The summed E-state index contributed by atoms with van der Waals surface area (Å²) in [5.74, 6) is 0.629. The highest BCUT2D eigenvalue weighted by Crippen LogP contribution is 2.15. The number of amides is 2. The largest absolute Gasteiger partial charge is 0.353 e. The summed E-state index contributed by atoms with van der Waals surface area (Å²) < 4.78 is 2.03. The number of piperidine rings is 1. The molecule has 0 aromatic carbocycles. The van der Waals surface area contributed by atoms with Crippen LogP contribution in [0.15, 0.2) is 18.3 Å². The third kappa shape index (κ3) is 3.02. The molecule has 1 aromatic rings. The Morgan fingerprint density at radius 2 is 2.41 bits per heavy atom. The third-order valence-electron chi connectivity index (χ3n) is 3.42. The Kier molecular flexibility index (Phi) is 3.71. The van der Waals surface area contributed by atoms with Gasteiger partial charge >= 0.3 is 6.03 Å². The minimum absolute atomic E-state index is 0.0674. The number of hydrogen-bond donors (Lipinski definition) is 1. The standard InChI is InChI=1S/C13H21N3O/c1-11-5-3-8-16(10-11)13(17)14-9-12-6-4-7-15(12)2/h4,6-7,11H,3,5,8-10H2,1-2H3,(H,14,17). The fourth-order valence-corrected chi connectivity index (χ4v) is 2.33. The number of rotatable bonds is 2. The lowest BCUT2D eigenvalue weighted by molar-refractivity contribution is 0.169. The molecule has 2 rings (SSSR count). The SMILES string of the molecule is CC1CCCN(C(=O)NCc2cccn2C)C1. The fourth-order valence-electron chi connectivity index (χ4n) is 2.33. The van der Waals surface area contributed by atoms with Crippen molar-refractivity contribution in [2.75, 3.05) is 13.1 Å². The number of urea groups is 1.